The van der Waals surface area contributed by atoms with Crippen molar-refractivity contribution >= 4 is 50.7 Å². The second-order valence-corrected chi connectivity index (χ2v) is 11.9. The standard InChI is InChI=1S/C29H33Cl2N3O4S/c1-5-27(29(36)32-6-2)33(18-22-10-8-7-9-21(22)4)28(35)19-34(23-13-16-25(30)26(31)17-23)39(37,38)24-14-11-20(3)12-15-24/h7-17,27H,5-6,18-19H2,1-4H3,(H,32,36). The molecular formula is C29H33Cl2N3O4S. The molecule has 0 aromatic heterocycles. The van der Waals surface area contributed by atoms with Gasteiger partial charge in [0, 0.05) is 13.1 Å². The molecular weight excluding hydrogens is 557 g/mol. The lowest BCUT2D eigenvalue weighted by Crippen LogP contribution is -2.52. The number of carbonyl (C=O) groups is 2. The SMILES string of the molecule is CCNC(=O)C(CC)N(Cc1ccccc1C)C(=O)CN(c1ccc(Cl)c(Cl)c1)S(=O)(=O)c1ccc(C)cc1. The number of carbonyl (C=O) groups excluding carboxylic acids is 2. The number of nitrogens with zero attached hydrogens (tertiary/aromatic N) is 2. The highest BCUT2D eigenvalue weighted by Gasteiger charge is 2.34. The van der Waals surface area contributed by atoms with E-state index in [9.17, 15) is 18.0 Å². The second-order valence-electron chi connectivity index (χ2n) is 9.19. The summed E-state index contributed by atoms with van der Waals surface area (Å²) in [4.78, 5) is 28.5. The van der Waals surface area contributed by atoms with Crippen LogP contribution in [0.2, 0.25) is 10.0 Å². The molecule has 0 spiro atoms. The van der Waals surface area contributed by atoms with Crippen molar-refractivity contribution in [3.05, 3.63) is 93.5 Å². The first-order valence-corrected chi connectivity index (χ1v) is 14.8. The minimum Gasteiger partial charge on any atom is -0.355 e. The van der Waals surface area contributed by atoms with E-state index in [0.717, 1.165) is 21.0 Å². The predicted octanol–water partition coefficient (Wildman–Crippen LogP) is 5.75. The summed E-state index contributed by atoms with van der Waals surface area (Å²) < 4.78 is 28.8. The van der Waals surface area contributed by atoms with Gasteiger partial charge in [-0.1, -0.05) is 72.1 Å². The molecule has 7 nitrogen and oxygen atoms in total. The highest BCUT2D eigenvalue weighted by molar-refractivity contribution is 7.92. The van der Waals surface area contributed by atoms with Gasteiger partial charge in [0.2, 0.25) is 11.8 Å². The first-order valence-electron chi connectivity index (χ1n) is 12.7. The molecule has 3 aromatic rings. The average Bonchev–Trinajstić information content (AvgIpc) is 2.90. The van der Waals surface area contributed by atoms with Crippen molar-refractivity contribution in [3.63, 3.8) is 0 Å². The van der Waals surface area contributed by atoms with Gasteiger partial charge in [-0.05, 0) is 68.7 Å². The minimum absolute atomic E-state index is 0.0215. The Labute approximate surface area is 240 Å². The van der Waals surface area contributed by atoms with E-state index >= 15 is 0 Å². The smallest absolute Gasteiger partial charge is 0.264 e. The third-order valence-electron chi connectivity index (χ3n) is 6.42. The van der Waals surface area contributed by atoms with Gasteiger partial charge in [0.15, 0.2) is 0 Å². The number of likely N-dealkylation sites (N-methyl/N-ethyl adjacent to an activating group) is 1. The number of aryl methyl sites for hydroxylation is 2. The fourth-order valence-corrected chi connectivity index (χ4v) is 5.89. The van der Waals surface area contributed by atoms with Gasteiger partial charge in [-0.15, -0.1) is 0 Å². The van der Waals surface area contributed by atoms with Crippen LogP contribution >= 0.6 is 23.2 Å². The van der Waals surface area contributed by atoms with Gasteiger partial charge >= 0.3 is 0 Å². The lowest BCUT2D eigenvalue weighted by Gasteiger charge is -2.33. The van der Waals surface area contributed by atoms with Crippen molar-refractivity contribution in [1.82, 2.24) is 10.2 Å². The predicted molar refractivity (Wildman–Crippen MR) is 157 cm³/mol. The number of halogens is 2. The molecule has 0 heterocycles. The third kappa shape index (κ3) is 7.32. The van der Waals surface area contributed by atoms with E-state index in [1.54, 1.807) is 19.1 Å². The summed E-state index contributed by atoms with van der Waals surface area (Å²) in [5.74, 6) is -0.831. The van der Waals surface area contributed by atoms with E-state index in [-0.39, 0.29) is 33.1 Å². The zero-order valence-corrected chi connectivity index (χ0v) is 24.8. The summed E-state index contributed by atoms with van der Waals surface area (Å²) in [6, 6.07) is 17.5. The van der Waals surface area contributed by atoms with E-state index < -0.39 is 28.5 Å². The number of nitrogens with one attached hydrogen (secondary N) is 1. The van der Waals surface area contributed by atoms with Crippen LogP contribution in [0.4, 0.5) is 5.69 Å². The van der Waals surface area contributed by atoms with Gasteiger partial charge in [-0.2, -0.15) is 0 Å². The molecule has 2 amide bonds. The van der Waals surface area contributed by atoms with Crippen molar-refractivity contribution in [2.75, 3.05) is 17.4 Å². The number of sulfonamides is 1. The Morgan fingerprint density at radius 2 is 1.59 bits per heavy atom. The summed E-state index contributed by atoms with van der Waals surface area (Å²) >= 11 is 12.3. The Bertz CT molecular complexity index is 1430. The van der Waals surface area contributed by atoms with Crippen molar-refractivity contribution in [2.24, 2.45) is 0 Å². The molecule has 39 heavy (non-hydrogen) atoms. The Balaban J connectivity index is 2.10. The molecule has 0 bridgehead atoms. The van der Waals surface area contributed by atoms with E-state index in [2.05, 4.69) is 5.32 Å². The van der Waals surface area contributed by atoms with Crippen LogP contribution in [0.1, 0.15) is 37.0 Å². The van der Waals surface area contributed by atoms with Gasteiger partial charge in [0.05, 0.1) is 20.6 Å². The van der Waals surface area contributed by atoms with Crippen LogP contribution in [0.5, 0.6) is 0 Å². The molecule has 0 fully saturated rings. The molecule has 1 unspecified atom stereocenters. The number of benzene rings is 3. The molecule has 208 valence electrons. The molecule has 0 aliphatic heterocycles. The molecule has 10 heteroatoms. The number of rotatable bonds is 11. The molecule has 1 atom stereocenters. The molecule has 0 aliphatic carbocycles. The zero-order chi connectivity index (χ0) is 28.7. The van der Waals surface area contributed by atoms with Crippen LogP contribution in [0.3, 0.4) is 0 Å². The number of anilines is 1. The fourth-order valence-electron chi connectivity index (χ4n) is 4.19. The van der Waals surface area contributed by atoms with Crippen LogP contribution in [-0.4, -0.2) is 44.3 Å². The molecule has 0 aliphatic rings. The van der Waals surface area contributed by atoms with E-state index in [0.29, 0.717) is 13.0 Å². The lowest BCUT2D eigenvalue weighted by atomic mass is 10.1. The molecule has 0 radical (unpaired) electrons. The largest absolute Gasteiger partial charge is 0.355 e. The lowest BCUT2D eigenvalue weighted by molar-refractivity contribution is -0.140. The normalized spacial score (nSPS) is 12.1. The van der Waals surface area contributed by atoms with E-state index in [4.69, 9.17) is 23.2 Å². The van der Waals surface area contributed by atoms with E-state index in [1.165, 1.54) is 35.2 Å². The van der Waals surface area contributed by atoms with Crippen molar-refractivity contribution in [2.45, 2.75) is 51.6 Å². The topological polar surface area (TPSA) is 86.8 Å². The van der Waals surface area contributed by atoms with Crippen molar-refractivity contribution in [1.29, 1.82) is 0 Å². The molecule has 1 N–H and O–H groups in total. The highest BCUT2D eigenvalue weighted by Crippen LogP contribution is 2.31. The zero-order valence-electron chi connectivity index (χ0n) is 22.4. The Hall–Kier alpha value is -3.07. The van der Waals surface area contributed by atoms with Gasteiger partial charge < -0.3 is 10.2 Å². The molecule has 3 rings (SSSR count). The highest BCUT2D eigenvalue weighted by atomic mass is 35.5. The van der Waals surface area contributed by atoms with Gasteiger partial charge in [0.1, 0.15) is 12.6 Å². The monoisotopic (exact) mass is 589 g/mol. The summed E-state index contributed by atoms with van der Waals surface area (Å²) in [6.45, 7) is 7.40. The van der Waals surface area contributed by atoms with Crippen LogP contribution in [0, 0.1) is 13.8 Å². The quantitative estimate of drug-likeness (QED) is 0.308. The van der Waals surface area contributed by atoms with Crippen molar-refractivity contribution < 1.29 is 18.0 Å². The average molecular weight is 591 g/mol. The molecule has 3 aromatic carbocycles. The Morgan fingerprint density at radius 1 is 0.923 bits per heavy atom. The maximum absolute atomic E-state index is 14.0. The minimum atomic E-state index is -4.19. The molecule has 0 saturated carbocycles. The summed E-state index contributed by atoms with van der Waals surface area (Å²) in [5.41, 5.74) is 2.88. The number of hydrogen-bond donors (Lipinski definition) is 1. The van der Waals surface area contributed by atoms with Gasteiger partial charge in [0.25, 0.3) is 10.0 Å². The molecule has 0 saturated heterocycles. The van der Waals surface area contributed by atoms with Crippen LogP contribution in [0.25, 0.3) is 0 Å². The van der Waals surface area contributed by atoms with E-state index in [1.807, 2.05) is 45.0 Å². The first kappa shape index (κ1) is 30.5. The van der Waals surface area contributed by atoms with Crippen LogP contribution < -0.4 is 9.62 Å². The summed E-state index contributed by atoms with van der Waals surface area (Å²) in [6.07, 6.45) is 0.348. The van der Waals surface area contributed by atoms with Gasteiger partial charge in [-0.3, -0.25) is 13.9 Å². The summed E-state index contributed by atoms with van der Waals surface area (Å²) in [5, 5.41) is 3.20. The second kappa shape index (κ2) is 13.3. The fraction of sp³-hybridized carbons (Fsp3) is 0.310. The van der Waals surface area contributed by atoms with Gasteiger partial charge in [-0.25, -0.2) is 8.42 Å². The number of amides is 2. The Morgan fingerprint density at radius 3 is 2.18 bits per heavy atom. The maximum atomic E-state index is 14.0. The van der Waals surface area contributed by atoms with Crippen molar-refractivity contribution in [3.8, 4) is 0 Å². The summed E-state index contributed by atoms with van der Waals surface area (Å²) in [7, 11) is -4.19. The first-order chi connectivity index (χ1) is 18.5. The third-order valence-corrected chi connectivity index (χ3v) is 8.94. The van der Waals surface area contributed by atoms with Crippen LogP contribution in [-0.2, 0) is 26.2 Å². The van der Waals surface area contributed by atoms with Crippen LogP contribution in [0.15, 0.2) is 71.6 Å². The number of hydrogen-bond acceptors (Lipinski definition) is 4. The maximum Gasteiger partial charge on any atom is 0.264 e. The Kier molecular flexibility index (Phi) is 10.4.